The third kappa shape index (κ3) is 2.43. The summed E-state index contributed by atoms with van der Waals surface area (Å²) in [5.41, 5.74) is 5.81. The van der Waals surface area contributed by atoms with E-state index in [2.05, 4.69) is 19.8 Å². The SMILES string of the molecule is COC(=O)c1nn(-c2nc(OC)ncc2Cl)cc1N. The number of nitrogens with zero attached hydrogens (tertiary/aromatic N) is 4. The zero-order valence-electron chi connectivity index (χ0n) is 10.1. The standard InChI is InChI=1S/C10H10ClN5O3/c1-18-9(17)7-6(12)4-16(15-7)8-5(11)3-13-10(14-8)19-2/h3-4H,12H2,1-2H3. The number of anilines is 1. The minimum absolute atomic E-state index is 0.0175. The van der Waals surface area contributed by atoms with Crippen LogP contribution < -0.4 is 10.5 Å². The van der Waals surface area contributed by atoms with Gasteiger partial charge in [0, 0.05) is 0 Å². The highest BCUT2D eigenvalue weighted by Crippen LogP contribution is 2.21. The molecule has 0 fully saturated rings. The van der Waals surface area contributed by atoms with Crippen LogP contribution in [-0.4, -0.2) is 39.9 Å². The smallest absolute Gasteiger partial charge is 0.360 e. The zero-order valence-corrected chi connectivity index (χ0v) is 10.9. The number of hydrogen-bond acceptors (Lipinski definition) is 7. The molecule has 0 saturated carbocycles. The lowest BCUT2D eigenvalue weighted by Crippen LogP contribution is -2.07. The van der Waals surface area contributed by atoms with E-state index in [1.54, 1.807) is 0 Å². The van der Waals surface area contributed by atoms with Crippen molar-refractivity contribution in [2.75, 3.05) is 20.0 Å². The van der Waals surface area contributed by atoms with Gasteiger partial charge in [-0.3, -0.25) is 0 Å². The quantitative estimate of drug-likeness (QED) is 0.826. The van der Waals surface area contributed by atoms with Crippen molar-refractivity contribution in [1.29, 1.82) is 0 Å². The van der Waals surface area contributed by atoms with Gasteiger partial charge in [0.15, 0.2) is 11.5 Å². The molecule has 19 heavy (non-hydrogen) atoms. The number of ether oxygens (including phenoxy) is 2. The van der Waals surface area contributed by atoms with Crippen molar-refractivity contribution < 1.29 is 14.3 Å². The lowest BCUT2D eigenvalue weighted by molar-refractivity contribution is 0.0594. The molecule has 0 unspecified atom stereocenters. The van der Waals surface area contributed by atoms with Gasteiger partial charge in [0.2, 0.25) is 0 Å². The molecule has 0 spiro atoms. The summed E-state index contributed by atoms with van der Waals surface area (Å²) in [6, 6.07) is 0.119. The third-order valence-electron chi connectivity index (χ3n) is 2.22. The van der Waals surface area contributed by atoms with Gasteiger partial charge >= 0.3 is 12.0 Å². The second-order valence-corrected chi connectivity index (χ2v) is 3.80. The van der Waals surface area contributed by atoms with E-state index in [0.717, 1.165) is 0 Å². The van der Waals surface area contributed by atoms with E-state index in [-0.39, 0.29) is 28.2 Å². The van der Waals surface area contributed by atoms with Crippen molar-refractivity contribution in [2.24, 2.45) is 0 Å². The molecule has 0 aliphatic heterocycles. The van der Waals surface area contributed by atoms with E-state index in [9.17, 15) is 4.79 Å². The predicted molar refractivity (Wildman–Crippen MR) is 66.5 cm³/mol. The molecule has 0 aliphatic rings. The highest BCUT2D eigenvalue weighted by Gasteiger charge is 2.18. The van der Waals surface area contributed by atoms with Crippen LogP contribution in [0.1, 0.15) is 10.5 Å². The Balaban J connectivity index is 2.50. The number of halogens is 1. The fraction of sp³-hybridized carbons (Fsp3) is 0.200. The Labute approximate surface area is 113 Å². The van der Waals surface area contributed by atoms with Crippen molar-refractivity contribution in [2.45, 2.75) is 0 Å². The number of rotatable bonds is 3. The molecule has 0 aromatic carbocycles. The summed E-state index contributed by atoms with van der Waals surface area (Å²) >= 11 is 5.96. The highest BCUT2D eigenvalue weighted by molar-refractivity contribution is 6.32. The molecule has 2 rings (SSSR count). The first-order valence-corrected chi connectivity index (χ1v) is 5.45. The number of carbonyl (C=O) groups excluding carboxylic acids is 1. The number of aromatic nitrogens is 4. The number of esters is 1. The van der Waals surface area contributed by atoms with Crippen LogP contribution in [0.3, 0.4) is 0 Å². The van der Waals surface area contributed by atoms with Crippen LogP contribution in [0.2, 0.25) is 5.02 Å². The summed E-state index contributed by atoms with van der Waals surface area (Å²) in [5.74, 6) is -0.399. The molecule has 2 heterocycles. The van der Waals surface area contributed by atoms with E-state index in [1.807, 2.05) is 0 Å². The number of methoxy groups -OCH3 is 2. The van der Waals surface area contributed by atoms with Crippen LogP contribution in [0, 0.1) is 0 Å². The maximum Gasteiger partial charge on any atom is 0.360 e. The third-order valence-corrected chi connectivity index (χ3v) is 2.49. The van der Waals surface area contributed by atoms with Gasteiger partial charge in [-0.1, -0.05) is 11.6 Å². The molecule has 8 nitrogen and oxygen atoms in total. The van der Waals surface area contributed by atoms with E-state index in [4.69, 9.17) is 22.1 Å². The maximum atomic E-state index is 11.4. The molecular weight excluding hydrogens is 274 g/mol. The molecule has 0 amide bonds. The maximum absolute atomic E-state index is 11.4. The summed E-state index contributed by atoms with van der Waals surface area (Å²) in [4.78, 5) is 19.3. The average molecular weight is 284 g/mol. The van der Waals surface area contributed by atoms with Crippen LogP contribution in [0.4, 0.5) is 5.69 Å². The van der Waals surface area contributed by atoms with Crippen molar-refractivity contribution >= 4 is 23.3 Å². The summed E-state index contributed by atoms with van der Waals surface area (Å²) in [6.07, 6.45) is 2.76. The van der Waals surface area contributed by atoms with Crippen LogP contribution in [0.15, 0.2) is 12.4 Å². The molecular formula is C10H10ClN5O3. The number of nitrogens with two attached hydrogens (primary N) is 1. The summed E-state index contributed by atoms with van der Waals surface area (Å²) in [6.45, 7) is 0. The van der Waals surface area contributed by atoms with E-state index in [1.165, 1.54) is 31.3 Å². The Kier molecular flexibility index (Phi) is 3.52. The van der Waals surface area contributed by atoms with Gasteiger partial charge in [0.25, 0.3) is 0 Å². The first-order chi connectivity index (χ1) is 9.06. The zero-order chi connectivity index (χ0) is 14.0. The lowest BCUT2D eigenvalue weighted by atomic mass is 10.4. The van der Waals surface area contributed by atoms with Gasteiger partial charge in [-0.15, -0.1) is 0 Å². The minimum Gasteiger partial charge on any atom is -0.467 e. The molecule has 2 aromatic heterocycles. The van der Waals surface area contributed by atoms with E-state index < -0.39 is 5.97 Å². The Morgan fingerprint density at radius 1 is 1.47 bits per heavy atom. The molecule has 2 N–H and O–H groups in total. The van der Waals surface area contributed by atoms with Crippen LogP contribution in [0.5, 0.6) is 6.01 Å². The topological polar surface area (TPSA) is 105 Å². The molecule has 2 aromatic rings. The second-order valence-electron chi connectivity index (χ2n) is 3.40. The molecule has 0 atom stereocenters. The minimum atomic E-state index is -0.645. The number of nitrogen functional groups attached to an aromatic ring is 1. The van der Waals surface area contributed by atoms with Gasteiger partial charge in [0.1, 0.15) is 5.02 Å². The van der Waals surface area contributed by atoms with Gasteiger partial charge < -0.3 is 15.2 Å². The first kappa shape index (κ1) is 13.1. The van der Waals surface area contributed by atoms with Crippen molar-refractivity contribution in [3.05, 3.63) is 23.1 Å². The molecule has 0 saturated heterocycles. The van der Waals surface area contributed by atoms with Gasteiger partial charge in [-0.2, -0.15) is 10.1 Å². The average Bonchev–Trinajstić information content (AvgIpc) is 2.80. The summed E-state index contributed by atoms with van der Waals surface area (Å²) < 4.78 is 10.7. The first-order valence-electron chi connectivity index (χ1n) is 5.07. The van der Waals surface area contributed by atoms with Crippen molar-refractivity contribution in [1.82, 2.24) is 19.7 Å². The summed E-state index contributed by atoms with van der Waals surface area (Å²) in [7, 11) is 2.66. The van der Waals surface area contributed by atoms with E-state index >= 15 is 0 Å². The van der Waals surface area contributed by atoms with E-state index in [0.29, 0.717) is 0 Å². The monoisotopic (exact) mass is 283 g/mol. The normalized spacial score (nSPS) is 10.3. The Morgan fingerprint density at radius 2 is 2.21 bits per heavy atom. The van der Waals surface area contributed by atoms with Crippen molar-refractivity contribution in [3.63, 3.8) is 0 Å². The fourth-order valence-electron chi connectivity index (χ4n) is 1.35. The Morgan fingerprint density at radius 3 is 2.84 bits per heavy atom. The summed E-state index contributed by atoms with van der Waals surface area (Å²) in [5, 5.41) is 4.21. The molecule has 100 valence electrons. The molecule has 0 aliphatic carbocycles. The van der Waals surface area contributed by atoms with Crippen molar-refractivity contribution in [3.8, 4) is 11.8 Å². The largest absolute Gasteiger partial charge is 0.467 e. The fourth-order valence-corrected chi connectivity index (χ4v) is 1.53. The van der Waals surface area contributed by atoms with Gasteiger partial charge in [-0.25, -0.2) is 14.5 Å². The van der Waals surface area contributed by atoms with Crippen LogP contribution >= 0.6 is 11.6 Å². The lowest BCUT2D eigenvalue weighted by Gasteiger charge is -2.04. The molecule has 9 heteroatoms. The van der Waals surface area contributed by atoms with Crippen LogP contribution in [-0.2, 0) is 4.74 Å². The van der Waals surface area contributed by atoms with Gasteiger partial charge in [-0.05, 0) is 0 Å². The Hall–Kier alpha value is -2.35. The molecule has 0 bridgehead atoms. The van der Waals surface area contributed by atoms with Crippen LogP contribution in [0.25, 0.3) is 5.82 Å². The second kappa shape index (κ2) is 5.11. The predicted octanol–water partition coefficient (Wildman–Crippen LogP) is 0.693. The Bertz CT molecular complexity index is 628. The van der Waals surface area contributed by atoms with Gasteiger partial charge in [0.05, 0.1) is 32.3 Å². The highest BCUT2D eigenvalue weighted by atomic mass is 35.5. The number of carbonyl (C=O) groups is 1. The number of hydrogen-bond donors (Lipinski definition) is 1. The molecule has 0 radical (unpaired) electrons.